The van der Waals surface area contributed by atoms with E-state index >= 15 is 0 Å². The van der Waals surface area contributed by atoms with Gasteiger partial charge in [0.15, 0.2) is 0 Å². The third-order valence-electron chi connectivity index (χ3n) is 8.06. The predicted octanol–water partition coefficient (Wildman–Crippen LogP) is 12.1. The van der Waals surface area contributed by atoms with Crippen LogP contribution in [0.1, 0.15) is 84.6 Å². The molecule has 0 amide bonds. The lowest BCUT2D eigenvalue weighted by Gasteiger charge is -2.33. The van der Waals surface area contributed by atoms with Crippen molar-refractivity contribution in [3.8, 4) is 5.75 Å². The van der Waals surface area contributed by atoms with Crippen molar-refractivity contribution in [3.05, 3.63) is 72.3 Å². The maximum Gasteiger partial charge on any atom is 0.148 e. The summed E-state index contributed by atoms with van der Waals surface area (Å²) in [5.74, 6) is 2.05. The summed E-state index contributed by atoms with van der Waals surface area (Å²) < 4.78 is 5.56. The maximum atomic E-state index is 5.56. The van der Waals surface area contributed by atoms with E-state index in [0.717, 1.165) is 41.9 Å². The van der Waals surface area contributed by atoms with E-state index in [1.807, 2.05) is 48.5 Å². The minimum Gasteiger partial charge on any atom is -0.494 e. The second-order valence-corrected chi connectivity index (χ2v) is 11.3. The van der Waals surface area contributed by atoms with E-state index in [0.29, 0.717) is 17.1 Å². The number of benzene rings is 3. The molecule has 0 radical (unpaired) electrons. The Morgan fingerprint density at radius 1 is 0.667 bits per heavy atom. The van der Waals surface area contributed by atoms with Gasteiger partial charge in [-0.05, 0) is 79.6 Å². The lowest BCUT2D eigenvalue weighted by atomic mass is 9.95. The SMILES string of the molecule is CCCCC(CC)CN(CC(CC)CCCC)c1ccc(N=Nc2ccc(N=Nc3ccccc3)c(OC)c2)c(C)c1. The van der Waals surface area contributed by atoms with Crippen molar-refractivity contribution >= 4 is 28.4 Å². The molecule has 0 N–H and O–H groups in total. The first kappa shape index (κ1) is 33.0. The minimum absolute atomic E-state index is 0.607. The zero-order valence-electron chi connectivity index (χ0n) is 26.7. The number of hydrogen-bond acceptors (Lipinski definition) is 6. The van der Waals surface area contributed by atoms with E-state index in [4.69, 9.17) is 4.74 Å². The van der Waals surface area contributed by atoms with Crippen LogP contribution in [0.5, 0.6) is 5.75 Å². The van der Waals surface area contributed by atoms with E-state index in [1.54, 1.807) is 7.11 Å². The molecule has 0 spiro atoms. The Kier molecular flexibility index (Phi) is 14.2. The average Bonchev–Trinajstić information content (AvgIpc) is 3.03. The summed E-state index contributed by atoms with van der Waals surface area (Å²) in [6, 6.07) is 21.9. The number of unbranched alkanes of at least 4 members (excludes halogenated alkanes) is 2. The molecule has 3 aromatic carbocycles. The van der Waals surface area contributed by atoms with Crippen LogP contribution in [0.4, 0.5) is 28.4 Å². The van der Waals surface area contributed by atoms with Crippen molar-refractivity contribution in [1.29, 1.82) is 0 Å². The Balaban J connectivity index is 1.79. The van der Waals surface area contributed by atoms with Crippen LogP contribution in [-0.4, -0.2) is 20.2 Å². The number of ether oxygens (including phenoxy) is 1. The molecule has 2 unspecified atom stereocenters. The Labute approximate surface area is 254 Å². The molecule has 3 aromatic rings. The summed E-state index contributed by atoms with van der Waals surface area (Å²) in [7, 11) is 1.63. The van der Waals surface area contributed by atoms with Gasteiger partial charge >= 0.3 is 0 Å². The van der Waals surface area contributed by atoms with Crippen molar-refractivity contribution < 1.29 is 4.74 Å². The van der Waals surface area contributed by atoms with Gasteiger partial charge < -0.3 is 9.64 Å². The Morgan fingerprint density at radius 2 is 1.26 bits per heavy atom. The van der Waals surface area contributed by atoms with E-state index < -0.39 is 0 Å². The number of methoxy groups -OCH3 is 1. The second kappa shape index (κ2) is 18.1. The molecule has 0 aliphatic heterocycles. The Morgan fingerprint density at radius 3 is 1.83 bits per heavy atom. The summed E-state index contributed by atoms with van der Waals surface area (Å²) in [6.45, 7) is 13.6. The van der Waals surface area contributed by atoms with Crippen LogP contribution in [0.25, 0.3) is 0 Å². The number of hydrogen-bond donors (Lipinski definition) is 0. The standard InChI is InChI=1S/C36H51N5O/c1-7-11-16-29(9-3)26-41(27-30(10-4)17-12-8-2)33-21-23-34(28(5)24-33)39-38-32-20-22-35(36(25-32)42-6)40-37-31-18-14-13-15-19-31/h13-15,18-25,29-30H,7-12,16-17,26-27H2,1-6H3. The van der Waals surface area contributed by atoms with Gasteiger partial charge in [-0.15, -0.1) is 5.11 Å². The molecule has 0 aromatic heterocycles. The number of nitrogens with zero attached hydrogens (tertiary/aromatic N) is 5. The first-order valence-corrected chi connectivity index (χ1v) is 15.9. The molecular formula is C36H51N5O. The molecule has 6 nitrogen and oxygen atoms in total. The smallest absolute Gasteiger partial charge is 0.148 e. The number of rotatable bonds is 18. The summed E-state index contributed by atoms with van der Waals surface area (Å²) in [5, 5.41) is 17.8. The highest BCUT2D eigenvalue weighted by molar-refractivity contribution is 5.60. The van der Waals surface area contributed by atoms with Gasteiger partial charge in [-0.1, -0.05) is 84.4 Å². The van der Waals surface area contributed by atoms with Crippen molar-refractivity contribution in [3.63, 3.8) is 0 Å². The van der Waals surface area contributed by atoms with Crippen LogP contribution >= 0.6 is 0 Å². The highest BCUT2D eigenvalue weighted by Crippen LogP contribution is 2.34. The zero-order valence-corrected chi connectivity index (χ0v) is 26.7. The van der Waals surface area contributed by atoms with Gasteiger partial charge in [-0.3, -0.25) is 0 Å². The molecule has 0 bridgehead atoms. The third kappa shape index (κ3) is 10.4. The minimum atomic E-state index is 0.607. The number of aryl methyl sites for hydroxylation is 1. The van der Waals surface area contributed by atoms with Crippen molar-refractivity contribution in [2.75, 3.05) is 25.1 Å². The fraction of sp³-hybridized carbons (Fsp3) is 0.500. The molecule has 0 aliphatic carbocycles. The lowest BCUT2D eigenvalue weighted by Crippen LogP contribution is -2.34. The number of azo groups is 2. The third-order valence-corrected chi connectivity index (χ3v) is 8.06. The molecule has 0 fully saturated rings. The first-order chi connectivity index (χ1) is 20.5. The second-order valence-electron chi connectivity index (χ2n) is 11.3. The van der Waals surface area contributed by atoms with Crippen molar-refractivity contribution in [2.45, 2.75) is 86.0 Å². The molecule has 0 aliphatic rings. The van der Waals surface area contributed by atoms with Crippen molar-refractivity contribution in [1.82, 2.24) is 0 Å². The zero-order chi connectivity index (χ0) is 30.2. The van der Waals surface area contributed by atoms with Gasteiger partial charge in [0.2, 0.25) is 0 Å². The quantitative estimate of drug-likeness (QED) is 0.143. The molecule has 42 heavy (non-hydrogen) atoms. The highest BCUT2D eigenvalue weighted by atomic mass is 16.5. The Bertz CT molecular complexity index is 1240. The molecular weight excluding hydrogens is 518 g/mol. The van der Waals surface area contributed by atoms with Crippen LogP contribution in [-0.2, 0) is 0 Å². The van der Waals surface area contributed by atoms with E-state index in [2.05, 4.69) is 78.2 Å². The highest BCUT2D eigenvalue weighted by Gasteiger charge is 2.18. The molecule has 0 saturated carbocycles. The van der Waals surface area contributed by atoms with Crippen molar-refractivity contribution in [2.24, 2.45) is 32.3 Å². The Hall–Kier alpha value is -3.54. The van der Waals surface area contributed by atoms with Gasteiger partial charge in [-0.25, -0.2) is 0 Å². The maximum absolute atomic E-state index is 5.56. The van der Waals surface area contributed by atoms with Crippen LogP contribution in [0, 0.1) is 18.8 Å². The normalized spacial score (nSPS) is 13.1. The van der Waals surface area contributed by atoms with E-state index in [1.165, 1.54) is 57.1 Å². The summed E-state index contributed by atoms with van der Waals surface area (Å²) in [5.41, 5.74) is 5.45. The van der Waals surface area contributed by atoms with Crippen LogP contribution in [0.3, 0.4) is 0 Å². The largest absolute Gasteiger partial charge is 0.494 e. The molecule has 226 valence electrons. The van der Waals surface area contributed by atoms with Crippen LogP contribution < -0.4 is 9.64 Å². The fourth-order valence-electron chi connectivity index (χ4n) is 5.22. The predicted molar refractivity (Wildman–Crippen MR) is 178 cm³/mol. The molecule has 0 heterocycles. The first-order valence-electron chi connectivity index (χ1n) is 15.9. The van der Waals surface area contributed by atoms with Gasteiger partial charge in [0.25, 0.3) is 0 Å². The van der Waals surface area contributed by atoms with Crippen LogP contribution in [0.15, 0.2) is 87.2 Å². The lowest BCUT2D eigenvalue weighted by molar-refractivity contribution is 0.403. The average molecular weight is 570 g/mol. The topological polar surface area (TPSA) is 61.9 Å². The number of anilines is 1. The van der Waals surface area contributed by atoms with Crippen LogP contribution in [0.2, 0.25) is 0 Å². The van der Waals surface area contributed by atoms with E-state index in [-0.39, 0.29) is 0 Å². The summed E-state index contributed by atoms with van der Waals surface area (Å²) in [6.07, 6.45) is 10.2. The molecule has 3 rings (SSSR count). The molecule has 2 atom stereocenters. The van der Waals surface area contributed by atoms with E-state index in [9.17, 15) is 0 Å². The van der Waals surface area contributed by atoms with Gasteiger partial charge in [0.05, 0.1) is 24.2 Å². The van der Waals surface area contributed by atoms with Gasteiger partial charge in [-0.2, -0.15) is 15.3 Å². The van der Waals surface area contributed by atoms with Gasteiger partial charge in [0.1, 0.15) is 11.4 Å². The summed E-state index contributed by atoms with van der Waals surface area (Å²) >= 11 is 0. The molecule has 6 heteroatoms. The van der Waals surface area contributed by atoms with Gasteiger partial charge in [0, 0.05) is 24.8 Å². The fourth-order valence-corrected chi connectivity index (χ4v) is 5.22. The summed E-state index contributed by atoms with van der Waals surface area (Å²) in [4.78, 5) is 2.65. The molecule has 0 saturated heterocycles. The monoisotopic (exact) mass is 569 g/mol.